The van der Waals surface area contributed by atoms with Crippen molar-refractivity contribution in [3.05, 3.63) is 29.3 Å². The standard InChI is InChI=1S/C18H31NO2/c1-5-12-19-18(4,14-20)11-6-7-13-21-17-15(2)9-8-10-16(17)3/h8-10,19-20H,5-7,11-14H2,1-4H3. The molecule has 3 heteroatoms. The number of hydrogen-bond donors (Lipinski definition) is 2. The van der Waals surface area contributed by atoms with Crippen LogP contribution in [0.1, 0.15) is 50.7 Å². The van der Waals surface area contributed by atoms with Crippen molar-refractivity contribution in [1.82, 2.24) is 5.32 Å². The predicted molar refractivity (Wildman–Crippen MR) is 89.0 cm³/mol. The molecule has 1 rings (SSSR count). The molecule has 0 aliphatic rings. The van der Waals surface area contributed by atoms with E-state index in [0.717, 1.165) is 44.6 Å². The molecule has 1 aromatic rings. The average Bonchev–Trinajstić information content (AvgIpc) is 2.47. The summed E-state index contributed by atoms with van der Waals surface area (Å²) in [5, 5.41) is 13.0. The third-order valence-electron chi connectivity index (χ3n) is 3.93. The second-order valence-corrected chi connectivity index (χ2v) is 6.17. The van der Waals surface area contributed by atoms with Gasteiger partial charge in [0.25, 0.3) is 0 Å². The van der Waals surface area contributed by atoms with E-state index in [1.54, 1.807) is 0 Å². The molecule has 0 radical (unpaired) electrons. The van der Waals surface area contributed by atoms with E-state index in [4.69, 9.17) is 4.74 Å². The molecule has 0 bridgehead atoms. The van der Waals surface area contributed by atoms with Gasteiger partial charge in [0.05, 0.1) is 13.2 Å². The first-order valence-electron chi connectivity index (χ1n) is 8.07. The van der Waals surface area contributed by atoms with Crippen molar-refractivity contribution >= 4 is 0 Å². The Morgan fingerprint density at radius 2 is 1.86 bits per heavy atom. The Morgan fingerprint density at radius 1 is 1.19 bits per heavy atom. The van der Waals surface area contributed by atoms with Crippen molar-refractivity contribution in [3.63, 3.8) is 0 Å². The molecule has 1 unspecified atom stereocenters. The summed E-state index contributed by atoms with van der Waals surface area (Å²) < 4.78 is 5.91. The summed E-state index contributed by atoms with van der Waals surface area (Å²) in [5.41, 5.74) is 2.23. The van der Waals surface area contributed by atoms with Crippen molar-refractivity contribution in [1.29, 1.82) is 0 Å². The van der Waals surface area contributed by atoms with Gasteiger partial charge in [0.15, 0.2) is 0 Å². The average molecular weight is 293 g/mol. The zero-order chi connectivity index (χ0) is 15.7. The van der Waals surface area contributed by atoms with Crippen LogP contribution in [-0.4, -0.2) is 30.4 Å². The second-order valence-electron chi connectivity index (χ2n) is 6.17. The Hall–Kier alpha value is -1.06. The SMILES string of the molecule is CCCNC(C)(CO)CCCCOc1c(C)cccc1C. The summed E-state index contributed by atoms with van der Waals surface area (Å²) in [6, 6.07) is 6.23. The third-order valence-corrected chi connectivity index (χ3v) is 3.93. The maximum atomic E-state index is 9.53. The molecule has 21 heavy (non-hydrogen) atoms. The van der Waals surface area contributed by atoms with Crippen LogP contribution < -0.4 is 10.1 Å². The summed E-state index contributed by atoms with van der Waals surface area (Å²) in [6.45, 7) is 10.3. The molecule has 0 aromatic heterocycles. The molecule has 0 saturated carbocycles. The highest BCUT2D eigenvalue weighted by Crippen LogP contribution is 2.22. The van der Waals surface area contributed by atoms with Crippen LogP contribution in [-0.2, 0) is 0 Å². The van der Waals surface area contributed by atoms with Gasteiger partial charge in [0, 0.05) is 5.54 Å². The number of aryl methyl sites for hydroxylation is 2. The second kappa shape index (κ2) is 9.06. The Kier molecular flexibility index (Phi) is 7.76. The first-order valence-corrected chi connectivity index (χ1v) is 8.07. The van der Waals surface area contributed by atoms with Crippen molar-refractivity contribution < 1.29 is 9.84 Å². The van der Waals surface area contributed by atoms with E-state index < -0.39 is 0 Å². The van der Waals surface area contributed by atoms with E-state index in [1.165, 1.54) is 11.1 Å². The fourth-order valence-electron chi connectivity index (χ4n) is 2.47. The maximum absolute atomic E-state index is 9.53. The van der Waals surface area contributed by atoms with Crippen molar-refractivity contribution in [2.45, 2.75) is 58.9 Å². The lowest BCUT2D eigenvalue weighted by atomic mass is 9.95. The maximum Gasteiger partial charge on any atom is 0.125 e. The van der Waals surface area contributed by atoms with Gasteiger partial charge in [-0.25, -0.2) is 0 Å². The zero-order valence-electron chi connectivity index (χ0n) is 14.0. The third kappa shape index (κ3) is 6.06. The van der Waals surface area contributed by atoms with Gasteiger partial charge in [0.2, 0.25) is 0 Å². The van der Waals surface area contributed by atoms with Crippen LogP contribution in [0.25, 0.3) is 0 Å². The van der Waals surface area contributed by atoms with E-state index in [-0.39, 0.29) is 12.1 Å². The van der Waals surface area contributed by atoms with Crippen LogP contribution in [0.4, 0.5) is 0 Å². The van der Waals surface area contributed by atoms with Gasteiger partial charge in [0.1, 0.15) is 5.75 Å². The van der Waals surface area contributed by atoms with Crippen LogP contribution in [0.5, 0.6) is 5.75 Å². The highest BCUT2D eigenvalue weighted by Gasteiger charge is 2.21. The molecule has 1 atom stereocenters. The Labute approximate surface area is 129 Å². The molecule has 2 N–H and O–H groups in total. The Morgan fingerprint density at radius 3 is 2.43 bits per heavy atom. The lowest BCUT2D eigenvalue weighted by molar-refractivity contribution is 0.160. The number of aliphatic hydroxyl groups is 1. The number of ether oxygens (including phenoxy) is 1. The van der Waals surface area contributed by atoms with E-state index >= 15 is 0 Å². The predicted octanol–water partition coefficient (Wildman–Crippen LogP) is 3.60. The summed E-state index contributed by atoms with van der Waals surface area (Å²) >= 11 is 0. The number of nitrogens with one attached hydrogen (secondary N) is 1. The summed E-state index contributed by atoms with van der Waals surface area (Å²) in [6.07, 6.45) is 4.13. The van der Waals surface area contributed by atoms with Crippen molar-refractivity contribution in [2.24, 2.45) is 0 Å². The van der Waals surface area contributed by atoms with Crippen molar-refractivity contribution in [3.8, 4) is 5.75 Å². The normalized spacial score (nSPS) is 14.0. The minimum atomic E-state index is -0.158. The highest BCUT2D eigenvalue weighted by molar-refractivity contribution is 5.39. The van der Waals surface area contributed by atoms with Crippen LogP contribution >= 0.6 is 0 Å². The van der Waals surface area contributed by atoms with Gasteiger partial charge in [-0.1, -0.05) is 25.1 Å². The Bertz CT molecular complexity index is 399. The van der Waals surface area contributed by atoms with Crippen LogP contribution in [0.15, 0.2) is 18.2 Å². The summed E-state index contributed by atoms with van der Waals surface area (Å²) in [7, 11) is 0. The molecule has 1 aromatic carbocycles. The topological polar surface area (TPSA) is 41.5 Å². The number of benzene rings is 1. The largest absolute Gasteiger partial charge is 0.493 e. The van der Waals surface area contributed by atoms with E-state index in [0.29, 0.717) is 0 Å². The van der Waals surface area contributed by atoms with Gasteiger partial charge >= 0.3 is 0 Å². The number of aliphatic hydroxyl groups excluding tert-OH is 1. The van der Waals surface area contributed by atoms with Crippen LogP contribution in [0.2, 0.25) is 0 Å². The molecular weight excluding hydrogens is 262 g/mol. The number of rotatable bonds is 10. The summed E-state index contributed by atoms with van der Waals surface area (Å²) in [4.78, 5) is 0. The molecule has 0 saturated heterocycles. The molecule has 120 valence electrons. The highest BCUT2D eigenvalue weighted by atomic mass is 16.5. The molecule has 0 spiro atoms. The lowest BCUT2D eigenvalue weighted by Crippen LogP contribution is -2.46. The molecule has 0 fully saturated rings. The number of para-hydroxylation sites is 1. The first kappa shape index (κ1) is 18.0. The molecular formula is C18H31NO2. The van der Waals surface area contributed by atoms with Crippen LogP contribution in [0.3, 0.4) is 0 Å². The van der Waals surface area contributed by atoms with Gasteiger partial charge in [-0.15, -0.1) is 0 Å². The molecule has 3 nitrogen and oxygen atoms in total. The monoisotopic (exact) mass is 293 g/mol. The molecule has 0 aliphatic carbocycles. The summed E-state index contributed by atoms with van der Waals surface area (Å²) in [5.74, 6) is 1.02. The Balaban J connectivity index is 2.31. The number of hydrogen-bond acceptors (Lipinski definition) is 3. The quantitative estimate of drug-likeness (QED) is 0.648. The lowest BCUT2D eigenvalue weighted by Gasteiger charge is -2.28. The van der Waals surface area contributed by atoms with Gasteiger partial charge in [-0.05, 0) is 64.1 Å². The van der Waals surface area contributed by atoms with E-state index in [1.807, 2.05) is 0 Å². The zero-order valence-corrected chi connectivity index (χ0v) is 14.0. The van der Waals surface area contributed by atoms with Gasteiger partial charge in [-0.3, -0.25) is 0 Å². The van der Waals surface area contributed by atoms with Crippen molar-refractivity contribution in [2.75, 3.05) is 19.8 Å². The van der Waals surface area contributed by atoms with Crippen LogP contribution in [0, 0.1) is 13.8 Å². The van der Waals surface area contributed by atoms with E-state index in [9.17, 15) is 5.11 Å². The molecule has 0 heterocycles. The minimum absolute atomic E-state index is 0.158. The fourth-order valence-corrected chi connectivity index (χ4v) is 2.47. The molecule has 0 aliphatic heterocycles. The smallest absolute Gasteiger partial charge is 0.125 e. The number of unbranched alkanes of at least 4 members (excludes halogenated alkanes) is 1. The van der Waals surface area contributed by atoms with Gasteiger partial charge in [-0.2, -0.15) is 0 Å². The van der Waals surface area contributed by atoms with Gasteiger partial charge < -0.3 is 15.2 Å². The minimum Gasteiger partial charge on any atom is -0.493 e. The van der Waals surface area contributed by atoms with E-state index in [2.05, 4.69) is 51.2 Å². The molecule has 0 amide bonds. The first-order chi connectivity index (χ1) is 10.0. The fraction of sp³-hybridized carbons (Fsp3) is 0.667.